The van der Waals surface area contributed by atoms with Crippen molar-refractivity contribution in [2.45, 2.75) is 33.2 Å². The molecule has 94 valence electrons. The molecule has 1 aliphatic heterocycles. The maximum absolute atomic E-state index is 11.5. The summed E-state index contributed by atoms with van der Waals surface area (Å²) in [6.07, 6.45) is 1.14. The van der Waals surface area contributed by atoms with E-state index in [0.29, 0.717) is 18.6 Å². The molecule has 3 unspecified atom stereocenters. The second-order valence-electron chi connectivity index (χ2n) is 4.79. The van der Waals surface area contributed by atoms with Crippen LogP contribution in [0.15, 0.2) is 0 Å². The minimum Gasteiger partial charge on any atom is -0.466 e. The van der Waals surface area contributed by atoms with Gasteiger partial charge in [-0.3, -0.25) is 9.69 Å². The molecular formula is C12H24N2O2. The van der Waals surface area contributed by atoms with Gasteiger partial charge < -0.3 is 10.5 Å². The van der Waals surface area contributed by atoms with Crippen LogP contribution in [-0.2, 0) is 9.53 Å². The van der Waals surface area contributed by atoms with Crippen LogP contribution in [0.2, 0.25) is 0 Å². The van der Waals surface area contributed by atoms with E-state index in [9.17, 15) is 4.79 Å². The van der Waals surface area contributed by atoms with Gasteiger partial charge in [0.1, 0.15) is 0 Å². The first kappa shape index (κ1) is 13.5. The molecule has 1 rings (SSSR count). The SMILES string of the molecule is CCOC(=O)C(C)CN1CC(CN)CC1C. The van der Waals surface area contributed by atoms with E-state index in [1.807, 2.05) is 13.8 Å². The minimum atomic E-state index is -0.0918. The molecule has 1 fully saturated rings. The Morgan fingerprint density at radius 3 is 2.81 bits per heavy atom. The lowest BCUT2D eigenvalue weighted by Gasteiger charge is -2.23. The Hall–Kier alpha value is -0.610. The standard InChI is InChI=1S/C12H24N2O2/c1-4-16-12(15)9(2)7-14-8-11(6-13)5-10(14)3/h9-11H,4-8,13H2,1-3H3. The van der Waals surface area contributed by atoms with Crippen LogP contribution in [0.4, 0.5) is 0 Å². The zero-order chi connectivity index (χ0) is 12.1. The average molecular weight is 228 g/mol. The number of nitrogens with zero attached hydrogens (tertiary/aromatic N) is 1. The third kappa shape index (κ3) is 3.46. The van der Waals surface area contributed by atoms with Crippen LogP contribution in [0.25, 0.3) is 0 Å². The molecule has 1 aliphatic rings. The maximum Gasteiger partial charge on any atom is 0.309 e. The lowest BCUT2D eigenvalue weighted by molar-refractivity contribution is -0.148. The molecular weight excluding hydrogens is 204 g/mol. The van der Waals surface area contributed by atoms with E-state index in [-0.39, 0.29) is 11.9 Å². The fourth-order valence-corrected chi connectivity index (χ4v) is 2.35. The van der Waals surface area contributed by atoms with Crippen molar-refractivity contribution < 1.29 is 9.53 Å². The second kappa shape index (κ2) is 6.21. The number of hydrogen-bond acceptors (Lipinski definition) is 4. The number of nitrogens with two attached hydrogens (primary N) is 1. The highest BCUT2D eigenvalue weighted by Gasteiger charge is 2.30. The Bertz CT molecular complexity index is 233. The summed E-state index contributed by atoms with van der Waals surface area (Å²) in [7, 11) is 0. The Morgan fingerprint density at radius 2 is 2.31 bits per heavy atom. The van der Waals surface area contributed by atoms with Crippen molar-refractivity contribution in [1.82, 2.24) is 4.90 Å². The molecule has 0 saturated carbocycles. The summed E-state index contributed by atoms with van der Waals surface area (Å²) in [5.41, 5.74) is 5.68. The number of carbonyl (C=O) groups is 1. The molecule has 1 heterocycles. The van der Waals surface area contributed by atoms with E-state index in [1.54, 1.807) is 0 Å². The van der Waals surface area contributed by atoms with Crippen molar-refractivity contribution in [2.24, 2.45) is 17.6 Å². The van der Waals surface area contributed by atoms with E-state index in [2.05, 4.69) is 11.8 Å². The van der Waals surface area contributed by atoms with Crippen molar-refractivity contribution in [1.29, 1.82) is 0 Å². The zero-order valence-electron chi connectivity index (χ0n) is 10.6. The summed E-state index contributed by atoms with van der Waals surface area (Å²) >= 11 is 0. The fourth-order valence-electron chi connectivity index (χ4n) is 2.35. The highest BCUT2D eigenvalue weighted by molar-refractivity contribution is 5.72. The van der Waals surface area contributed by atoms with Crippen molar-refractivity contribution in [3.63, 3.8) is 0 Å². The molecule has 16 heavy (non-hydrogen) atoms. The first-order chi connectivity index (χ1) is 7.58. The van der Waals surface area contributed by atoms with Crippen molar-refractivity contribution in [2.75, 3.05) is 26.2 Å². The lowest BCUT2D eigenvalue weighted by Crippen LogP contribution is -2.35. The van der Waals surface area contributed by atoms with E-state index in [1.165, 1.54) is 0 Å². The van der Waals surface area contributed by atoms with Crippen molar-refractivity contribution in [3.8, 4) is 0 Å². The molecule has 0 aromatic rings. The molecule has 0 aromatic carbocycles. The predicted octanol–water partition coefficient (Wildman–Crippen LogP) is 0.855. The number of carbonyl (C=O) groups excluding carboxylic acids is 1. The Morgan fingerprint density at radius 1 is 1.62 bits per heavy atom. The number of hydrogen-bond donors (Lipinski definition) is 1. The molecule has 0 aromatic heterocycles. The smallest absolute Gasteiger partial charge is 0.309 e. The Balaban J connectivity index is 2.39. The molecule has 1 saturated heterocycles. The Labute approximate surface area is 98.1 Å². The minimum absolute atomic E-state index is 0.0427. The summed E-state index contributed by atoms with van der Waals surface area (Å²) < 4.78 is 5.01. The van der Waals surface area contributed by atoms with Crippen LogP contribution in [0.5, 0.6) is 0 Å². The first-order valence-corrected chi connectivity index (χ1v) is 6.19. The highest BCUT2D eigenvalue weighted by atomic mass is 16.5. The number of ether oxygens (including phenoxy) is 1. The number of rotatable bonds is 5. The predicted molar refractivity (Wildman–Crippen MR) is 64.0 cm³/mol. The summed E-state index contributed by atoms with van der Waals surface area (Å²) in [4.78, 5) is 13.9. The van der Waals surface area contributed by atoms with Gasteiger partial charge in [0.2, 0.25) is 0 Å². The quantitative estimate of drug-likeness (QED) is 0.709. The van der Waals surface area contributed by atoms with Gasteiger partial charge in [-0.05, 0) is 32.7 Å². The van der Waals surface area contributed by atoms with Gasteiger partial charge in [-0.2, -0.15) is 0 Å². The summed E-state index contributed by atoms with van der Waals surface area (Å²) in [6, 6.07) is 0.533. The van der Waals surface area contributed by atoms with Gasteiger partial charge in [-0.25, -0.2) is 0 Å². The van der Waals surface area contributed by atoms with Gasteiger partial charge >= 0.3 is 5.97 Å². The molecule has 0 aliphatic carbocycles. The van der Waals surface area contributed by atoms with Crippen LogP contribution in [-0.4, -0.2) is 43.2 Å². The molecule has 3 atom stereocenters. The largest absolute Gasteiger partial charge is 0.466 e. The molecule has 0 amide bonds. The van der Waals surface area contributed by atoms with E-state index >= 15 is 0 Å². The maximum atomic E-state index is 11.5. The third-order valence-corrected chi connectivity index (χ3v) is 3.32. The number of esters is 1. The van der Waals surface area contributed by atoms with Crippen molar-refractivity contribution in [3.05, 3.63) is 0 Å². The van der Waals surface area contributed by atoms with Gasteiger partial charge in [0, 0.05) is 19.1 Å². The second-order valence-corrected chi connectivity index (χ2v) is 4.79. The molecule has 0 radical (unpaired) electrons. The third-order valence-electron chi connectivity index (χ3n) is 3.32. The first-order valence-electron chi connectivity index (χ1n) is 6.19. The van der Waals surface area contributed by atoms with Crippen LogP contribution in [0.1, 0.15) is 27.2 Å². The highest BCUT2D eigenvalue weighted by Crippen LogP contribution is 2.23. The molecule has 4 nitrogen and oxygen atoms in total. The molecule has 2 N–H and O–H groups in total. The van der Waals surface area contributed by atoms with E-state index in [4.69, 9.17) is 10.5 Å². The van der Waals surface area contributed by atoms with Gasteiger partial charge in [-0.15, -0.1) is 0 Å². The van der Waals surface area contributed by atoms with E-state index < -0.39 is 0 Å². The topological polar surface area (TPSA) is 55.6 Å². The Kier molecular flexibility index (Phi) is 5.22. The average Bonchev–Trinajstić information content (AvgIpc) is 2.60. The van der Waals surface area contributed by atoms with E-state index in [0.717, 1.165) is 26.1 Å². The normalized spacial score (nSPS) is 28.0. The molecule has 0 bridgehead atoms. The summed E-state index contributed by atoms with van der Waals surface area (Å²) in [5, 5.41) is 0. The zero-order valence-corrected chi connectivity index (χ0v) is 10.6. The summed E-state index contributed by atoms with van der Waals surface area (Å²) in [6.45, 7) is 8.98. The monoisotopic (exact) mass is 228 g/mol. The molecule has 4 heteroatoms. The van der Waals surface area contributed by atoms with Gasteiger partial charge in [0.05, 0.1) is 12.5 Å². The van der Waals surface area contributed by atoms with Crippen LogP contribution >= 0.6 is 0 Å². The van der Waals surface area contributed by atoms with Crippen LogP contribution in [0, 0.1) is 11.8 Å². The summed E-state index contributed by atoms with van der Waals surface area (Å²) in [5.74, 6) is 0.453. The van der Waals surface area contributed by atoms with Gasteiger partial charge in [0.15, 0.2) is 0 Å². The fraction of sp³-hybridized carbons (Fsp3) is 0.917. The van der Waals surface area contributed by atoms with Crippen molar-refractivity contribution >= 4 is 5.97 Å². The van der Waals surface area contributed by atoms with Gasteiger partial charge in [-0.1, -0.05) is 6.92 Å². The lowest BCUT2D eigenvalue weighted by atomic mass is 10.1. The van der Waals surface area contributed by atoms with Crippen LogP contribution < -0.4 is 5.73 Å². The number of likely N-dealkylation sites (tertiary alicyclic amines) is 1. The van der Waals surface area contributed by atoms with Crippen LogP contribution in [0.3, 0.4) is 0 Å². The van der Waals surface area contributed by atoms with Gasteiger partial charge in [0.25, 0.3) is 0 Å². The molecule has 0 spiro atoms.